The lowest BCUT2D eigenvalue weighted by atomic mass is 10.1. The standard InChI is InChI=1S/C18H18FN3O3/c1-11(23)13-5-9-16(10-6-13)21-18(24)12(2)25-22-17(20)14-3-7-15(19)8-4-14/h3-10,12H,1-2H3,(H2,20,22)(H,21,24). The van der Waals surface area contributed by atoms with E-state index in [1.165, 1.54) is 38.1 Å². The number of rotatable bonds is 6. The number of benzene rings is 2. The first-order chi connectivity index (χ1) is 11.9. The second kappa shape index (κ2) is 8.05. The average molecular weight is 343 g/mol. The molecule has 25 heavy (non-hydrogen) atoms. The zero-order chi connectivity index (χ0) is 18.4. The molecule has 0 heterocycles. The normalized spacial score (nSPS) is 12.4. The molecular formula is C18H18FN3O3. The molecule has 0 fully saturated rings. The maximum absolute atomic E-state index is 12.9. The van der Waals surface area contributed by atoms with Crippen molar-refractivity contribution < 1.29 is 18.8 Å². The predicted molar refractivity (Wildman–Crippen MR) is 92.7 cm³/mol. The van der Waals surface area contributed by atoms with Crippen LogP contribution in [0, 0.1) is 5.82 Å². The van der Waals surface area contributed by atoms with Gasteiger partial charge in [0.15, 0.2) is 11.6 Å². The highest BCUT2D eigenvalue weighted by Gasteiger charge is 2.15. The molecule has 0 aliphatic carbocycles. The van der Waals surface area contributed by atoms with E-state index in [1.54, 1.807) is 24.3 Å². The average Bonchev–Trinajstić information content (AvgIpc) is 2.60. The fourth-order valence-corrected chi connectivity index (χ4v) is 1.89. The molecule has 2 rings (SSSR count). The van der Waals surface area contributed by atoms with Crippen LogP contribution in [0.5, 0.6) is 0 Å². The van der Waals surface area contributed by atoms with Crippen molar-refractivity contribution in [2.75, 3.05) is 5.32 Å². The minimum absolute atomic E-state index is 0.0328. The Morgan fingerprint density at radius 2 is 1.64 bits per heavy atom. The Labute approximate surface area is 144 Å². The molecule has 7 heteroatoms. The van der Waals surface area contributed by atoms with E-state index in [-0.39, 0.29) is 17.4 Å². The van der Waals surface area contributed by atoms with Gasteiger partial charge in [-0.2, -0.15) is 0 Å². The van der Waals surface area contributed by atoms with Crippen molar-refractivity contribution in [2.45, 2.75) is 20.0 Å². The summed E-state index contributed by atoms with van der Waals surface area (Å²) < 4.78 is 12.9. The highest BCUT2D eigenvalue weighted by Crippen LogP contribution is 2.11. The van der Waals surface area contributed by atoms with Gasteiger partial charge < -0.3 is 15.9 Å². The molecule has 0 saturated heterocycles. The van der Waals surface area contributed by atoms with Gasteiger partial charge >= 0.3 is 0 Å². The van der Waals surface area contributed by atoms with Gasteiger partial charge in [0, 0.05) is 16.8 Å². The number of hydrogen-bond donors (Lipinski definition) is 2. The minimum atomic E-state index is -0.897. The molecule has 0 bridgehead atoms. The van der Waals surface area contributed by atoms with Crippen LogP contribution in [0.2, 0.25) is 0 Å². The first-order valence-corrected chi connectivity index (χ1v) is 7.54. The summed E-state index contributed by atoms with van der Waals surface area (Å²) in [4.78, 5) is 28.4. The van der Waals surface area contributed by atoms with E-state index in [4.69, 9.17) is 10.6 Å². The van der Waals surface area contributed by atoms with Crippen molar-refractivity contribution in [1.29, 1.82) is 0 Å². The number of amides is 1. The second-order valence-electron chi connectivity index (χ2n) is 5.35. The Morgan fingerprint density at radius 3 is 2.20 bits per heavy atom. The molecule has 6 nitrogen and oxygen atoms in total. The van der Waals surface area contributed by atoms with Gasteiger partial charge in [0.05, 0.1) is 0 Å². The minimum Gasteiger partial charge on any atom is -0.381 e. The summed E-state index contributed by atoms with van der Waals surface area (Å²) >= 11 is 0. The number of nitrogens with zero attached hydrogens (tertiary/aromatic N) is 1. The van der Waals surface area contributed by atoms with E-state index in [2.05, 4.69) is 10.5 Å². The van der Waals surface area contributed by atoms with E-state index in [9.17, 15) is 14.0 Å². The maximum atomic E-state index is 12.9. The van der Waals surface area contributed by atoms with Crippen LogP contribution in [-0.4, -0.2) is 23.6 Å². The van der Waals surface area contributed by atoms with Crippen LogP contribution in [0.25, 0.3) is 0 Å². The molecule has 0 aromatic heterocycles. The SMILES string of the molecule is CC(=O)c1ccc(NC(=O)C(C)O/N=C(\N)c2ccc(F)cc2)cc1. The molecule has 130 valence electrons. The number of hydrogen-bond acceptors (Lipinski definition) is 4. The van der Waals surface area contributed by atoms with Gasteiger partial charge in [0.2, 0.25) is 6.10 Å². The number of nitrogens with one attached hydrogen (secondary N) is 1. The monoisotopic (exact) mass is 343 g/mol. The summed E-state index contributed by atoms with van der Waals surface area (Å²) in [6, 6.07) is 11.9. The van der Waals surface area contributed by atoms with Gasteiger partial charge in [-0.3, -0.25) is 9.59 Å². The predicted octanol–water partition coefficient (Wildman–Crippen LogP) is 2.69. The fraction of sp³-hybridized carbons (Fsp3) is 0.167. The lowest BCUT2D eigenvalue weighted by molar-refractivity contribution is -0.126. The zero-order valence-corrected chi connectivity index (χ0v) is 13.8. The van der Waals surface area contributed by atoms with Gasteiger partial charge in [0.25, 0.3) is 5.91 Å². The topological polar surface area (TPSA) is 93.8 Å². The van der Waals surface area contributed by atoms with Crippen molar-refractivity contribution in [3.63, 3.8) is 0 Å². The largest absolute Gasteiger partial charge is 0.381 e. The van der Waals surface area contributed by atoms with Crippen LogP contribution in [-0.2, 0) is 9.63 Å². The van der Waals surface area contributed by atoms with Gasteiger partial charge in [0.1, 0.15) is 5.82 Å². The van der Waals surface area contributed by atoms with Crippen LogP contribution in [0.3, 0.4) is 0 Å². The Morgan fingerprint density at radius 1 is 1.08 bits per heavy atom. The molecule has 0 aliphatic heterocycles. The summed E-state index contributed by atoms with van der Waals surface area (Å²) in [5, 5.41) is 6.33. The summed E-state index contributed by atoms with van der Waals surface area (Å²) in [6.45, 7) is 2.98. The van der Waals surface area contributed by atoms with Crippen LogP contribution in [0.1, 0.15) is 29.8 Å². The molecule has 1 atom stereocenters. The van der Waals surface area contributed by atoms with E-state index >= 15 is 0 Å². The van der Waals surface area contributed by atoms with Crippen LogP contribution >= 0.6 is 0 Å². The summed E-state index contributed by atoms with van der Waals surface area (Å²) in [6.07, 6.45) is -0.897. The third-order valence-corrected chi connectivity index (χ3v) is 3.38. The molecule has 2 aromatic carbocycles. The second-order valence-corrected chi connectivity index (χ2v) is 5.35. The quantitative estimate of drug-likeness (QED) is 0.365. The lowest BCUT2D eigenvalue weighted by Crippen LogP contribution is -2.27. The number of anilines is 1. The van der Waals surface area contributed by atoms with Gasteiger partial charge in [-0.15, -0.1) is 0 Å². The smallest absolute Gasteiger partial charge is 0.267 e. The van der Waals surface area contributed by atoms with E-state index < -0.39 is 12.0 Å². The highest BCUT2D eigenvalue weighted by atomic mass is 19.1. The molecule has 0 spiro atoms. The van der Waals surface area contributed by atoms with Crippen LogP contribution in [0.4, 0.5) is 10.1 Å². The maximum Gasteiger partial charge on any atom is 0.267 e. The molecule has 3 N–H and O–H groups in total. The highest BCUT2D eigenvalue weighted by molar-refractivity contribution is 5.98. The van der Waals surface area contributed by atoms with Gasteiger partial charge in [-0.05, 0) is 62.4 Å². The first kappa shape index (κ1) is 18.1. The van der Waals surface area contributed by atoms with Crippen LogP contribution in [0.15, 0.2) is 53.7 Å². The molecule has 1 unspecified atom stereocenters. The number of carbonyl (C=O) groups is 2. The van der Waals surface area contributed by atoms with E-state index in [0.29, 0.717) is 16.8 Å². The van der Waals surface area contributed by atoms with Gasteiger partial charge in [-0.1, -0.05) is 5.16 Å². The summed E-state index contributed by atoms with van der Waals surface area (Å²) in [7, 11) is 0. The number of ketones is 1. The number of Topliss-reactive ketones (excluding diaryl/α,β-unsaturated/α-hetero) is 1. The third-order valence-electron chi connectivity index (χ3n) is 3.38. The molecule has 0 saturated carbocycles. The Hall–Kier alpha value is -3.22. The lowest BCUT2D eigenvalue weighted by Gasteiger charge is -2.11. The fourth-order valence-electron chi connectivity index (χ4n) is 1.89. The van der Waals surface area contributed by atoms with Crippen molar-refractivity contribution in [2.24, 2.45) is 10.9 Å². The molecular weight excluding hydrogens is 325 g/mol. The number of nitrogens with two attached hydrogens (primary N) is 1. The Balaban J connectivity index is 1.94. The third kappa shape index (κ3) is 5.13. The van der Waals surface area contributed by atoms with Crippen molar-refractivity contribution in [3.05, 3.63) is 65.5 Å². The van der Waals surface area contributed by atoms with Crippen molar-refractivity contribution >= 4 is 23.2 Å². The van der Waals surface area contributed by atoms with Crippen molar-refractivity contribution in [1.82, 2.24) is 0 Å². The van der Waals surface area contributed by atoms with E-state index in [1.807, 2.05) is 0 Å². The Bertz CT molecular complexity index is 786. The van der Waals surface area contributed by atoms with E-state index in [0.717, 1.165) is 0 Å². The molecule has 2 aromatic rings. The number of halogens is 1. The summed E-state index contributed by atoms with van der Waals surface area (Å²) in [5.41, 5.74) is 7.29. The van der Waals surface area contributed by atoms with Crippen LogP contribution < -0.4 is 11.1 Å². The number of amidine groups is 1. The molecule has 1 amide bonds. The Kier molecular flexibility index (Phi) is 5.84. The molecule has 0 radical (unpaired) electrons. The summed E-state index contributed by atoms with van der Waals surface area (Å²) in [5.74, 6) is -0.835. The zero-order valence-electron chi connectivity index (χ0n) is 13.8. The number of carbonyl (C=O) groups excluding carboxylic acids is 2. The van der Waals surface area contributed by atoms with Crippen molar-refractivity contribution in [3.8, 4) is 0 Å². The molecule has 0 aliphatic rings. The number of oxime groups is 1. The van der Waals surface area contributed by atoms with Gasteiger partial charge in [-0.25, -0.2) is 4.39 Å². The first-order valence-electron chi connectivity index (χ1n) is 7.54.